The molecule has 118 valence electrons. The van der Waals surface area contributed by atoms with Crippen molar-refractivity contribution in [3.05, 3.63) is 22.2 Å². The molecule has 0 atom stereocenters. The molecule has 6 heteroatoms. The normalized spacial score (nSPS) is 10.6. The van der Waals surface area contributed by atoms with Gasteiger partial charge >= 0.3 is 0 Å². The minimum absolute atomic E-state index is 0.0420. The lowest BCUT2D eigenvalue weighted by molar-refractivity contribution is -0.123. The number of methoxy groups -OCH3 is 1. The fourth-order valence-corrected chi connectivity index (χ4v) is 2.39. The Morgan fingerprint density at radius 1 is 1.38 bits per heavy atom. The van der Waals surface area contributed by atoms with Gasteiger partial charge in [0.1, 0.15) is 0 Å². The van der Waals surface area contributed by atoms with Gasteiger partial charge in [0.05, 0.1) is 11.6 Å². The lowest BCUT2D eigenvalue weighted by atomic mass is 10.2. The van der Waals surface area contributed by atoms with Crippen LogP contribution in [0, 0.1) is 0 Å². The van der Waals surface area contributed by atoms with E-state index < -0.39 is 0 Å². The van der Waals surface area contributed by atoms with Gasteiger partial charge in [0.25, 0.3) is 5.91 Å². The number of hydrogen-bond acceptors (Lipinski definition) is 4. The SMILES string of the molecule is CCNCc1cc(Br)c(OCC(=O)NC(C)C)c(OC)c1. The van der Waals surface area contributed by atoms with Crippen molar-refractivity contribution in [1.29, 1.82) is 0 Å². The van der Waals surface area contributed by atoms with Gasteiger partial charge < -0.3 is 20.1 Å². The number of amides is 1. The molecule has 0 heterocycles. The van der Waals surface area contributed by atoms with E-state index >= 15 is 0 Å². The van der Waals surface area contributed by atoms with Gasteiger partial charge in [-0.15, -0.1) is 0 Å². The van der Waals surface area contributed by atoms with Gasteiger partial charge in [-0.2, -0.15) is 0 Å². The quantitative estimate of drug-likeness (QED) is 0.749. The number of rotatable bonds is 8. The predicted molar refractivity (Wildman–Crippen MR) is 86.8 cm³/mol. The summed E-state index contributed by atoms with van der Waals surface area (Å²) in [5, 5.41) is 6.03. The fraction of sp³-hybridized carbons (Fsp3) is 0.533. The maximum absolute atomic E-state index is 11.6. The summed E-state index contributed by atoms with van der Waals surface area (Å²) in [6.07, 6.45) is 0. The molecule has 5 nitrogen and oxygen atoms in total. The zero-order valence-corrected chi connectivity index (χ0v) is 14.5. The molecule has 0 fully saturated rings. The average molecular weight is 359 g/mol. The number of nitrogens with one attached hydrogen (secondary N) is 2. The minimum Gasteiger partial charge on any atom is -0.493 e. The van der Waals surface area contributed by atoms with Crippen molar-refractivity contribution in [1.82, 2.24) is 10.6 Å². The highest BCUT2D eigenvalue weighted by molar-refractivity contribution is 9.10. The second-order valence-corrected chi connectivity index (χ2v) is 5.75. The number of hydrogen-bond donors (Lipinski definition) is 2. The first-order valence-electron chi connectivity index (χ1n) is 6.97. The van der Waals surface area contributed by atoms with E-state index in [9.17, 15) is 4.79 Å². The Morgan fingerprint density at radius 3 is 2.67 bits per heavy atom. The predicted octanol–water partition coefficient (Wildman–Crippen LogP) is 2.47. The number of carbonyl (C=O) groups excluding carboxylic acids is 1. The van der Waals surface area contributed by atoms with Gasteiger partial charge in [-0.05, 0) is 54.0 Å². The summed E-state index contributed by atoms with van der Waals surface area (Å²) in [5.74, 6) is 0.988. The van der Waals surface area contributed by atoms with Gasteiger partial charge in [-0.25, -0.2) is 0 Å². The Bertz CT molecular complexity index is 478. The topological polar surface area (TPSA) is 59.6 Å². The summed E-state index contributed by atoms with van der Waals surface area (Å²) in [6, 6.07) is 3.96. The second kappa shape index (κ2) is 8.89. The molecule has 0 aliphatic rings. The van der Waals surface area contributed by atoms with Crippen molar-refractivity contribution in [2.45, 2.75) is 33.4 Å². The standard InChI is InChI=1S/C15H23BrN2O3/c1-5-17-8-11-6-12(16)15(13(7-11)20-4)21-9-14(19)18-10(2)3/h6-7,10,17H,5,8-9H2,1-4H3,(H,18,19). The molecule has 0 aromatic heterocycles. The van der Waals surface area contributed by atoms with E-state index in [2.05, 4.69) is 33.5 Å². The molecule has 1 rings (SSSR count). The van der Waals surface area contributed by atoms with E-state index in [4.69, 9.17) is 9.47 Å². The van der Waals surface area contributed by atoms with Crippen LogP contribution in [0.15, 0.2) is 16.6 Å². The van der Waals surface area contributed by atoms with Crippen molar-refractivity contribution in [3.63, 3.8) is 0 Å². The fourth-order valence-electron chi connectivity index (χ4n) is 1.79. The largest absolute Gasteiger partial charge is 0.493 e. The highest BCUT2D eigenvalue weighted by atomic mass is 79.9. The zero-order chi connectivity index (χ0) is 15.8. The third-order valence-corrected chi connectivity index (χ3v) is 3.25. The molecule has 2 N–H and O–H groups in total. The van der Waals surface area contributed by atoms with Gasteiger partial charge in [0.2, 0.25) is 0 Å². The Balaban J connectivity index is 2.79. The van der Waals surface area contributed by atoms with Crippen LogP contribution in [0.25, 0.3) is 0 Å². The van der Waals surface area contributed by atoms with Gasteiger partial charge in [-0.1, -0.05) is 6.92 Å². The van der Waals surface area contributed by atoms with Crippen molar-refractivity contribution in [3.8, 4) is 11.5 Å². The van der Waals surface area contributed by atoms with Gasteiger partial charge in [-0.3, -0.25) is 4.79 Å². The van der Waals surface area contributed by atoms with Crippen molar-refractivity contribution in [2.24, 2.45) is 0 Å². The maximum Gasteiger partial charge on any atom is 0.258 e. The third-order valence-electron chi connectivity index (χ3n) is 2.67. The molecule has 0 bridgehead atoms. The highest BCUT2D eigenvalue weighted by Gasteiger charge is 2.13. The van der Waals surface area contributed by atoms with Crippen molar-refractivity contribution in [2.75, 3.05) is 20.3 Å². The zero-order valence-electron chi connectivity index (χ0n) is 13.0. The molecule has 1 amide bonds. The van der Waals surface area contributed by atoms with Gasteiger partial charge in [0, 0.05) is 12.6 Å². The first-order valence-corrected chi connectivity index (χ1v) is 7.76. The maximum atomic E-state index is 11.6. The van der Waals surface area contributed by atoms with Crippen LogP contribution in [0.5, 0.6) is 11.5 Å². The van der Waals surface area contributed by atoms with Crippen molar-refractivity contribution >= 4 is 21.8 Å². The Labute approximate surface area is 134 Å². The minimum atomic E-state index is -0.157. The Hall–Kier alpha value is -1.27. The number of benzene rings is 1. The smallest absolute Gasteiger partial charge is 0.258 e. The van der Waals surface area contributed by atoms with E-state index in [1.165, 1.54) is 0 Å². The van der Waals surface area contributed by atoms with Crippen molar-refractivity contribution < 1.29 is 14.3 Å². The van der Waals surface area contributed by atoms with Crippen LogP contribution in [0.4, 0.5) is 0 Å². The summed E-state index contributed by atoms with van der Waals surface area (Å²) in [7, 11) is 1.58. The van der Waals surface area contributed by atoms with Crippen LogP contribution in [0.3, 0.4) is 0 Å². The van der Waals surface area contributed by atoms with Crippen LogP contribution in [0.2, 0.25) is 0 Å². The summed E-state index contributed by atoms with van der Waals surface area (Å²) >= 11 is 3.47. The van der Waals surface area contributed by atoms with E-state index in [1.54, 1.807) is 7.11 Å². The number of carbonyl (C=O) groups is 1. The van der Waals surface area contributed by atoms with E-state index in [0.29, 0.717) is 11.5 Å². The number of halogens is 1. The molecule has 0 saturated carbocycles. The molecular formula is C15H23BrN2O3. The molecule has 0 saturated heterocycles. The molecule has 0 spiro atoms. The Kier molecular flexibility index (Phi) is 7.53. The summed E-state index contributed by atoms with van der Waals surface area (Å²) in [5.41, 5.74) is 1.08. The third kappa shape index (κ3) is 5.93. The van der Waals surface area contributed by atoms with Gasteiger partial charge in [0.15, 0.2) is 18.1 Å². The highest BCUT2D eigenvalue weighted by Crippen LogP contribution is 2.36. The lowest BCUT2D eigenvalue weighted by Gasteiger charge is -2.15. The number of ether oxygens (including phenoxy) is 2. The second-order valence-electron chi connectivity index (χ2n) is 4.90. The first-order chi connectivity index (χ1) is 9.97. The van der Waals surface area contributed by atoms with Crippen LogP contribution < -0.4 is 20.1 Å². The molecule has 0 radical (unpaired) electrons. The van der Waals surface area contributed by atoms with E-state index in [1.807, 2.05) is 26.0 Å². The van der Waals surface area contributed by atoms with Crippen LogP contribution in [0.1, 0.15) is 26.3 Å². The molecule has 0 aliphatic heterocycles. The van der Waals surface area contributed by atoms with E-state index in [-0.39, 0.29) is 18.6 Å². The summed E-state index contributed by atoms with van der Waals surface area (Å²) in [6.45, 7) is 7.47. The molecule has 1 aromatic carbocycles. The van der Waals surface area contributed by atoms with Crippen LogP contribution in [-0.4, -0.2) is 32.2 Å². The summed E-state index contributed by atoms with van der Waals surface area (Å²) in [4.78, 5) is 11.6. The van der Waals surface area contributed by atoms with Crippen LogP contribution >= 0.6 is 15.9 Å². The molecule has 1 aromatic rings. The van der Waals surface area contributed by atoms with E-state index in [0.717, 1.165) is 23.1 Å². The first kappa shape index (κ1) is 17.8. The molecular weight excluding hydrogens is 336 g/mol. The molecule has 21 heavy (non-hydrogen) atoms. The monoisotopic (exact) mass is 358 g/mol. The molecule has 0 aliphatic carbocycles. The lowest BCUT2D eigenvalue weighted by Crippen LogP contribution is -2.34. The molecule has 0 unspecified atom stereocenters. The summed E-state index contributed by atoms with van der Waals surface area (Å²) < 4.78 is 11.7. The van der Waals surface area contributed by atoms with Crippen LogP contribution in [-0.2, 0) is 11.3 Å². The Morgan fingerprint density at radius 2 is 2.10 bits per heavy atom. The average Bonchev–Trinajstić information content (AvgIpc) is 2.42.